The van der Waals surface area contributed by atoms with Gasteiger partial charge in [0.1, 0.15) is 0 Å². The highest BCUT2D eigenvalue weighted by Gasteiger charge is 2.32. The van der Waals surface area contributed by atoms with Gasteiger partial charge in [-0.05, 0) is 36.1 Å². The summed E-state index contributed by atoms with van der Waals surface area (Å²) in [4.78, 5) is 4.18. The van der Waals surface area contributed by atoms with Crippen LogP contribution >= 0.6 is 0 Å². The van der Waals surface area contributed by atoms with Crippen LogP contribution in [0.5, 0.6) is 0 Å². The van der Waals surface area contributed by atoms with E-state index in [1.807, 2.05) is 0 Å². The van der Waals surface area contributed by atoms with Crippen LogP contribution in [0.3, 0.4) is 0 Å². The predicted octanol–water partition coefficient (Wildman–Crippen LogP) is 2.97. The van der Waals surface area contributed by atoms with E-state index in [9.17, 15) is 13.9 Å². The van der Waals surface area contributed by atoms with Gasteiger partial charge in [-0.15, -0.1) is 0 Å². The molecule has 5 heteroatoms. The summed E-state index contributed by atoms with van der Waals surface area (Å²) < 4.78 is 27.5. The number of aliphatic hydroxyl groups is 1. The quantitative estimate of drug-likeness (QED) is 0.794. The first-order chi connectivity index (χ1) is 10.1. The van der Waals surface area contributed by atoms with Crippen molar-refractivity contribution in [2.45, 2.75) is 30.9 Å². The number of fused-ring (bicyclic) bond motifs is 1. The largest absolute Gasteiger partial charge is 0.387 e. The lowest BCUT2D eigenvalue weighted by molar-refractivity contribution is 0.160. The van der Waals surface area contributed by atoms with E-state index in [4.69, 9.17) is 5.73 Å². The molecule has 0 saturated heterocycles. The predicted molar refractivity (Wildman–Crippen MR) is 74.5 cm³/mol. The molecule has 0 unspecified atom stereocenters. The second kappa shape index (κ2) is 5.50. The number of nitrogens with two attached hydrogens (primary N) is 1. The van der Waals surface area contributed by atoms with Gasteiger partial charge in [-0.2, -0.15) is 0 Å². The number of benzene rings is 1. The molecule has 0 radical (unpaired) electrons. The van der Waals surface area contributed by atoms with Crippen LogP contribution < -0.4 is 5.73 Å². The Balaban J connectivity index is 2.07. The maximum atomic E-state index is 14.1. The van der Waals surface area contributed by atoms with Gasteiger partial charge < -0.3 is 10.8 Å². The third-order valence-corrected chi connectivity index (χ3v) is 4.11. The monoisotopic (exact) mass is 290 g/mol. The van der Waals surface area contributed by atoms with Gasteiger partial charge in [-0.1, -0.05) is 18.2 Å². The van der Waals surface area contributed by atoms with E-state index in [-0.39, 0.29) is 11.5 Å². The molecule has 2 aromatic rings. The van der Waals surface area contributed by atoms with Crippen LogP contribution in [-0.2, 0) is 0 Å². The molecule has 1 aromatic heterocycles. The lowest BCUT2D eigenvalue weighted by atomic mass is 9.86. The first kappa shape index (κ1) is 14.1. The van der Waals surface area contributed by atoms with Crippen molar-refractivity contribution in [2.75, 3.05) is 0 Å². The van der Waals surface area contributed by atoms with E-state index in [0.717, 1.165) is 6.07 Å². The molecule has 110 valence electrons. The molecular formula is C16H16F2N2O. The summed E-state index contributed by atoms with van der Waals surface area (Å²) in [6, 6.07) is 7.11. The zero-order chi connectivity index (χ0) is 15.0. The normalized spacial score (nSPS) is 25.2. The minimum Gasteiger partial charge on any atom is -0.387 e. The van der Waals surface area contributed by atoms with Gasteiger partial charge in [0.05, 0.1) is 11.8 Å². The second-order valence-electron chi connectivity index (χ2n) is 5.35. The van der Waals surface area contributed by atoms with Crippen molar-refractivity contribution in [2.24, 2.45) is 5.73 Å². The standard InChI is InChI=1S/C16H16F2N2O/c17-12-5-1-3-9(14(12)18)10-6-7-13(21)16-11(15(10)19)4-2-8-20-16/h1-5,8,10,13,15,21H,6-7,19H2/t10-,13-,15-/m1/s1. The molecule has 3 nitrogen and oxygen atoms in total. The average Bonchev–Trinajstić information content (AvgIpc) is 2.62. The topological polar surface area (TPSA) is 59.1 Å². The summed E-state index contributed by atoms with van der Waals surface area (Å²) in [6.45, 7) is 0. The van der Waals surface area contributed by atoms with Crippen LogP contribution in [0.2, 0.25) is 0 Å². The Labute approximate surface area is 121 Å². The van der Waals surface area contributed by atoms with Gasteiger partial charge in [0.15, 0.2) is 11.6 Å². The van der Waals surface area contributed by atoms with Crippen molar-refractivity contribution >= 4 is 0 Å². The lowest BCUT2D eigenvalue weighted by Crippen LogP contribution is -2.21. The molecule has 0 saturated carbocycles. The van der Waals surface area contributed by atoms with Gasteiger partial charge in [0.25, 0.3) is 0 Å². The summed E-state index contributed by atoms with van der Waals surface area (Å²) >= 11 is 0. The van der Waals surface area contributed by atoms with E-state index in [0.29, 0.717) is 24.1 Å². The first-order valence-electron chi connectivity index (χ1n) is 6.92. The van der Waals surface area contributed by atoms with Crippen molar-refractivity contribution in [1.29, 1.82) is 0 Å². The molecule has 1 aliphatic rings. The molecule has 1 heterocycles. The zero-order valence-electron chi connectivity index (χ0n) is 11.3. The maximum Gasteiger partial charge on any atom is 0.162 e. The molecule has 0 amide bonds. The smallest absolute Gasteiger partial charge is 0.162 e. The molecular weight excluding hydrogens is 274 g/mol. The highest BCUT2D eigenvalue weighted by atomic mass is 19.2. The summed E-state index contributed by atoms with van der Waals surface area (Å²) in [5.74, 6) is -2.13. The van der Waals surface area contributed by atoms with Gasteiger partial charge in [0.2, 0.25) is 0 Å². The average molecular weight is 290 g/mol. The number of hydrogen-bond acceptors (Lipinski definition) is 3. The van der Waals surface area contributed by atoms with Crippen LogP contribution in [0, 0.1) is 11.6 Å². The van der Waals surface area contributed by atoms with Crippen molar-refractivity contribution in [3.63, 3.8) is 0 Å². The highest BCUT2D eigenvalue weighted by Crippen LogP contribution is 2.41. The number of aromatic nitrogens is 1. The zero-order valence-corrected chi connectivity index (χ0v) is 11.3. The van der Waals surface area contributed by atoms with Gasteiger partial charge in [0, 0.05) is 18.2 Å². The maximum absolute atomic E-state index is 14.1. The molecule has 3 N–H and O–H groups in total. The number of pyridine rings is 1. The van der Waals surface area contributed by atoms with Gasteiger partial charge in [-0.3, -0.25) is 4.98 Å². The molecule has 1 aromatic carbocycles. The number of aliphatic hydroxyl groups excluding tert-OH is 1. The fourth-order valence-corrected chi connectivity index (χ4v) is 3.02. The van der Waals surface area contributed by atoms with Crippen molar-refractivity contribution < 1.29 is 13.9 Å². The Hall–Kier alpha value is -1.85. The molecule has 3 rings (SSSR count). The fourth-order valence-electron chi connectivity index (χ4n) is 3.02. The summed E-state index contributed by atoms with van der Waals surface area (Å²) in [5.41, 5.74) is 7.74. The summed E-state index contributed by atoms with van der Waals surface area (Å²) in [6.07, 6.45) is 1.75. The first-order valence-corrected chi connectivity index (χ1v) is 6.92. The molecule has 0 aliphatic heterocycles. The molecule has 0 bridgehead atoms. The van der Waals surface area contributed by atoms with E-state index < -0.39 is 23.8 Å². The minimum atomic E-state index is -0.879. The van der Waals surface area contributed by atoms with E-state index in [1.54, 1.807) is 24.4 Å². The minimum absolute atomic E-state index is 0.256. The molecule has 1 aliphatic carbocycles. The van der Waals surface area contributed by atoms with Crippen molar-refractivity contribution in [3.8, 4) is 0 Å². The third kappa shape index (κ3) is 2.43. The van der Waals surface area contributed by atoms with Crippen LogP contribution in [-0.4, -0.2) is 10.1 Å². The number of hydrogen-bond donors (Lipinski definition) is 2. The van der Waals surface area contributed by atoms with Gasteiger partial charge in [-0.25, -0.2) is 8.78 Å². The van der Waals surface area contributed by atoms with E-state index >= 15 is 0 Å². The summed E-state index contributed by atoms with van der Waals surface area (Å²) in [5, 5.41) is 10.2. The Bertz CT molecular complexity index is 662. The SMILES string of the molecule is N[C@H]1c2cccnc2[C@H](O)CC[C@@H]1c1cccc(F)c1F. The lowest BCUT2D eigenvalue weighted by Gasteiger charge is -2.23. The number of nitrogens with zero attached hydrogens (tertiary/aromatic N) is 1. The van der Waals surface area contributed by atoms with Crippen molar-refractivity contribution in [1.82, 2.24) is 4.98 Å². The van der Waals surface area contributed by atoms with Crippen LogP contribution in [0.4, 0.5) is 8.78 Å². The van der Waals surface area contributed by atoms with Crippen molar-refractivity contribution in [3.05, 3.63) is 65.0 Å². The van der Waals surface area contributed by atoms with E-state index in [2.05, 4.69) is 4.98 Å². The molecule has 0 spiro atoms. The molecule has 0 fully saturated rings. The summed E-state index contributed by atoms with van der Waals surface area (Å²) in [7, 11) is 0. The van der Waals surface area contributed by atoms with Crippen LogP contribution in [0.15, 0.2) is 36.5 Å². The van der Waals surface area contributed by atoms with Crippen LogP contribution in [0.25, 0.3) is 0 Å². The fraction of sp³-hybridized carbons (Fsp3) is 0.312. The Morgan fingerprint density at radius 3 is 2.67 bits per heavy atom. The third-order valence-electron chi connectivity index (χ3n) is 4.11. The Morgan fingerprint density at radius 2 is 1.86 bits per heavy atom. The Kier molecular flexibility index (Phi) is 3.69. The molecule has 3 atom stereocenters. The molecule has 21 heavy (non-hydrogen) atoms. The highest BCUT2D eigenvalue weighted by molar-refractivity contribution is 5.33. The Morgan fingerprint density at radius 1 is 1.10 bits per heavy atom. The van der Waals surface area contributed by atoms with Gasteiger partial charge >= 0.3 is 0 Å². The number of rotatable bonds is 1. The van der Waals surface area contributed by atoms with E-state index in [1.165, 1.54) is 6.07 Å². The van der Waals surface area contributed by atoms with Crippen LogP contribution in [0.1, 0.15) is 47.7 Å². The second-order valence-corrected chi connectivity index (χ2v) is 5.35. The number of halogens is 2.